The Labute approximate surface area is 173 Å². The maximum Gasteiger partial charge on any atom is 0.246 e. The molecule has 2 aliphatic heterocycles. The molecule has 0 radical (unpaired) electrons. The van der Waals surface area contributed by atoms with Crippen molar-refractivity contribution < 1.29 is 26.7 Å². The Morgan fingerprint density at radius 2 is 1.80 bits per heavy atom. The van der Waals surface area contributed by atoms with Gasteiger partial charge in [0.05, 0.1) is 6.61 Å². The molecule has 2 aliphatic rings. The topological polar surface area (TPSA) is 66.9 Å². The average molecular weight is 434 g/mol. The number of nitrogens with zero attached hydrogens (tertiary/aromatic N) is 2. The summed E-state index contributed by atoms with van der Waals surface area (Å²) in [6.45, 7) is 1.10. The summed E-state index contributed by atoms with van der Waals surface area (Å²) >= 11 is 0. The molecule has 0 saturated carbocycles. The number of carbonyl (C=O) groups is 1. The van der Waals surface area contributed by atoms with Gasteiger partial charge in [0.1, 0.15) is 22.3 Å². The van der Waals surface area contributed by atoms with Crippen LogP contribution in [0.25, 0.3) is 6.08 Å². The molecule has 2 heterocycles. The van der Waals surface area contributed by atoms with Crippen LogP contribution < -0.4 is 4.74 Å². The second-order valence-electron chi connectivity index (χ2n) is 7.10. The predicted molar refractivity (Wildman–Crippen MR) is 106 cm³/mol. The van der Waals surface area contributed by atoms with Gasteiger partial charge in [-0.25, -0.2) is 17.2 Å². The molecule has 158 valence electrons. The van der Waals surface area contributed by atoms with Crippen LogP contribution in [0.2, 0.25) is 0 Å². The fraction of sp³-hybridized carbons (Fsp3) is 0.286. The minimum Gasteiger partial charge on any atom is -0.493 e. The Kier molecular flexibility index (Phi) is 5.57. The van der Waals surface area contributed by atoms with Crippen LogP contribution in [0.3, 0.4) is 0 Å². The fourth-order valence-corrected chi connectivity index (χ4v) is 5.02. The van der Waals surface area contributed by atoms with Gasteiger partial charge in [-0.2, -0.15) is 4.31 Å². The van der Waals surface area contributed by atoms with Gasteiger partial charge in [0, 0.05) is 44.7 Å². The standard InChI is InChI=1S/C21H20F2N2O4S/c22-17-3-5-20(18(23)14-17)30(27,28)25-10-8-24(9-11-25)21(26)6-2-15-1-4-19-16(13-15)7-12-29-19/h1-6,13-14H,7-12H2/b6-2+. The van der Waals surface area contributed by atoms with E-state index in [1.807, 2.05) is 18.2 Å². The Hall–Kier alpha value is -2.78. The molecule has 1 fully saturated rings. The summed E-state index contributed by atoms with van der Waals surface area (Å²) in [7, 11) is -4.10. The average Bonchev–Trinajstić information content (AvgIpc) is 3.19. The number of fused-ring (bicyclic) bond motifs is 1. The van der Waals surface area contributed by atoms with Crippen molar-refractivity contribution in [1.82, 2.24) is 9.21 Å². The number of halogens is 2. The van der Waals surface area contributed by atoms with Crippen molar-refractivity contribution in [1.29, 1.82) is 0 Å². The van der Waals surface area contributed by atoms with Crippen molar-refractivity contribution in [2.75, 3.05) is 32.8 Å². The molecular weight excluding hydrogens is 414 g/mol. The van der Waals surface area contributed by atoms with Crippen molar-refractivity contribution in [2.45, 2.75) is 11.3 Å². The number of piperazine rings is 1. The summed E-state index contributed by atoms with van der Waals surface area (Å²) in [6.07, 6.45) is 4.02. The third-order valence-electron chi connectivity index (χ3n) is 5.19. The Balaban J connectivity index is 1.38. The van der Waals surface area contributed by atoms with E-state index in [9.17, 15) is 22.0 Å². The molecule has 1 saturated heterocycles. The molecule has 0 spiro atoms. The van der Waals surface area contributed by atoms with E-state index in [2.05, 4.69) is 0 Å². The highest BCUT2D eigenvalue weighted by atomic mass is 32.2. The molecule has 30 heavy (non-hydrogen) atoms. The van der Waals surface area contributed by atoms with Gasteiger partial charge in [-0.1, -0.05) is 6.07 Å². The van der Waals surface area contributed by atoms with Crippen LogP contribution in [-0.2, 0) is 21.2 Å². The Morgan fingerprint density at radius 3 is 2.53 bits per heavy atom. The van der Waals surface area contributed by atoms with Crippen molar-refractivity contribution in [3.8, 4) is 5.75 Å². The zero-order valence-corrected chi connectivity index (χ0v) is 16.9. The largest absolute Gasteiger partial charge is 0.493 e. The third kappa shape index (κ3) is 4.08. The fourth-order valence-electron chi connectivity index (χ4n) is 3.56. The first-order valence-corrected chi connectivity index (χ1v) is 11.0. The lowest BCUT2D eigenvalue weighted by Crippen LogP contribution is -2.50. The summed E-state index contributed by atoms with van der Waals surface area (Å²) in [5.74, 6) is -1.33. The molecule has 4 rings (SSSR count). The molecule has 0 unspecified atom stereocenters. The van der Waals surface area contributed by atoms with Gasteiger partial charge in [0.2, 0.25) is 15.9 Å². The lowest BCUT2D eigenvalue weighted by Gasteiger charge is -2.33. The van der Waals surface area contributed by atoms with Gasteiger partial charge in [-0.05, 0) is 41.5 Å². The van der Waals surface area contributed by atoms with Crippen molar-refractivity contribution >= 4 is 22.0 Å². The van der Waals surface area contributed by atoms with Crippen molar-refractivity contribution in [3.63, 3.8) is 0 Å². The quantitative estimate of drug-likeness (QED) is 0.694. The van der Waals surface area contributed by atoms with Gasteiger partial charge < -0.3 is 9.64 Å². The van der Waals surface area contributed by atoms with Crippen LogP contribution in [0.5, 0.6) is 5.75 Å². The summed E-state index contributed by atoms with van der Waals surface area (Å²) in [5, 5.41) is 0. The molecule has 0 aromatic heterocycles. The molecular formula is C21H20F2N2O4S. The molecule has 9 heteroatoms. The van der Waals surface area contributed by atoms with Crippen LogP contribution in [-0.4, -0.2) is 56.3 Å². The van der Waals surface area contributed by atoms with E-state index in [0.717, 1.165) is 39.7 Å². The number of sulfonamides is 1. The summed E-state index contributed by atoms with van der Waals surface area (Å²) in [6, 6.07) is 8.10. The van der Waals surface area contributed by atoms with Gasteiger partial charge in [0.25, 0.3) is 0 Å². The van der Waals surface area contributed by atoms with E-state index in [4.69, 9.17) is 4.74 Å². The number of carbonyl (C=O) groups excluding carboxylic acids is 1. The normalized spacial score (nSPS) is 17.2. The molecule has 0 bridgehead atoms. The molecule has 0 atom stereocenters. The zero-order valence-electron chi connectivity index (χ0n) is 16.1. The van der Waals surface area contributed by atoms with Crippen LogP contribution in [0.1, 0.15) is 11.1 Å². The first kappa shape index (κ1) is 20.5. The van der Waals surface area contributed by atoms with Crippen LogP contribution in [0.15, 0.2) is 47.4 Å². The van der Waals surface area contributed by atoms with E-state index in [0.29, 0.717) is 12.7 Å². The maximum atomic E-state index is 13.9. The first-order valence-electron chi connectivity index (χ1n) is 9.52. The number of hydrogen-bond acceptors (Lipinski definition) is 4. The van der Waals surface area contributed by atoms with Gasteiger partial charge in [-0.15, -0.1) is 0 Å². The Bertz CT molecular complexity index is 1110. The van der Waals surface area contributed by atoms with Gasteiger partial charge in [0.15, 0.2) is 0 Å². The third-order valence-corrected chi connectivity index (χ3v) is 7.13. The molecule has 6 nitrogen and oxygen atoms in total. The number of rotatable bonds is 4. The van der Waals surface area contributed by atoms with E-state index < -0.39 is 26.6 Å². The second-order valence-corrected chi connectivity index (χ2v) is 9.01. The van der Waals surface area contributed by atoms with Crippen LogP contribution in [0, 0.1) is 11.6 Å². The maximum absolute atomic E-state index is 13.9. The lowest BCUT2D eigenvalue weighted by molar-refractivity contribution is -0.127. The molecule has 1 amide bonds. The van der Waals surface area contributed by atoms with Crippen molar-refractivity contribution in [3.05, 3.63) is 65.2 Å². The summed E-state index contributed by atoms with van der Waals surface area (Å²) < 4.78 is 58.8. The highest BCUT2D eigenvalue weighted by Crippen LogP contribution is 2.26. The second kappa shape index (κ2) is 8.16. The van der Waals surface area contributed by atoms with E-state index in [1.165, 1.54) is 6.08 Å². The number of benzene rings is 2. The van der Waals surface area contributed by atoms with E-state index in [1.54, 1.807) is 11.0 Å². The van der Waals surface area contributed by atoms with Crippen molar-refractivity contribution in [2.24, 2.45) is 0 Å². The first-order chi connectivity index (χ1) is 14.3. The highest BCUT2D eigenvalue weighted by Gasteiger charge is 2.31. The minimum absolute atomic E-state index is 0.0366. The van der Waals surface area contributed by atoms with Crippen LogP contribution >= 0.6 is 0 Å². The smallest absolute Gasteiger partial charge is 0.246 e. The number of ether oxygens (including phenoxy) is 1. The highest BCUT2D eigenvalue weighted by molar-refractivity contribution is 7.89. The number of amides is 1. The monoisotopic (exact) mass is 434 g/mol. The molecule has 2 aromatic rings. The summed E-state index contributed by atoms with van der Waals surface area (Å²) in [5.41, 5.74) is 2.00. The van der Waals surface area contributed by atoms with Gasteiger partial charge in [-0.3, -0.25) is 4.79 Å². The summed E-state index contributed by atoms with van der Waals surface area (Å²) in [4.78, 5) is 13.4. The van der Waals surface area contributed by atoms with E-state index >= 15 is 0 Å². The molecule has 2 aromatic carbocycles. The van der Waals surface area contributed by atoms with E-state index in [-0.39, 0.29) is 32.1 Å². The van der Waals surface area contributed by atoms with Crippen LogP contribution in [0.4, 0.5) is 8.78 Å². The minimum atomic E-state index is -4.10. The SMILES string of the molecule is O=C(/C=C/c1ccc2c(c1)CCO2)N1CCN(S(=O)(=O)c2ccc(F)cc2F)CC1. The predicted octanol–water partition coefficient (Wildman–Crippen LogP) is 2.45. The molecule has 0 N–H and O–H groups in total. The number of hydrogen-bond donors (Lipinski definition) is 0. The molecule has 0 aliphatic carbocycles. The Morgan fingerprint density at radius 1 is 1.03 bits per heavy atom. The zero-order chi connectivity index (χ0) is 21.3. The lowest BCUT2D eigenvalue weighted by atomic mass is 10.1. The van der Waals surface area contributed by atoms with Gasteiger partial charge >= 0.3 is 0 Å².